The number of fused-ring (bicyclic) bond motifs is 1. The largest absolute Gasteiger partial charge is 0.477 e. The van der Waals surface area contributed by atoms with Crippen molar-refractivity contribution in [3.05, 3.63) is 103 Å². The van der Waals surface area contributed by atoms with Crippen LogP contribution in [0.4, 0.5) is 17.1 Å². The molecule has 0 aliphatic heterocycles. The minimum atomic E-state index is -1.29. The van der Waals surface area contributed by atoms with Crippen LogP contribution in [0.15, 0.2) is 64.2 Å². The van der Waals surface area contributed by atoms with E-state index in [0.29, 0.717) is 17.8 Å². The molecule has 2 aromatic heterocycles. The van der Waals surface area contributed by atoms with Gasteiger partial charge in [-0.1, -0.05) is 29.4 Å². The van der Waals surface area contributed by atoms with E-state index in [1.165, 1.54) is 7.11 Å². The topological polar surface area (TPSA) is 247 Å². The van der Waals surface area contributed by atoms with Crippen molar-refractivity contribution in [3.8, 4) is 0 Å². The Morgan fingerprint density at radius 3 is 2.37 bits per heavy atom. The summed E-state index contributed by atoms with van der Waals surface area (Å²) < 4.78 is 5.53. The quantitative estimate of drug-likeness (QED) is 0.118. The molecule has 3 aromatic carbocycles. The number of hydrogen-bond donors (Lipinski definition) is 5. The number of aromatic carboxylic acids is 1. The van der Waals surface area contributed by atoms with Crippen LogP contribution in [0.1, 0.15) is 42.5 Å². The van der Waals surface area contributed by atoms with E-state index in [2.05, 4.69) is 35.9 Å². The fourth-order valence-corrected chi connectivity index (χ4v) is 3.61. The second-order valence-electron chi connectivity index (χ2n) is 8.57. The molecule has 43 heavy (non-hydrogen) atoms. The number of esters is 1. The third kappa shape index (κ3) is 7.13. The normalized spacial score (nSPS) is 10.3. The van der Waals surface area contributed by atoms with Gasteiger partial charge in [-0.25, -0.2) is 14.6 Å². The average Bonchev–Trinajstić information content (AvgIpc) is 3.50. The summed E-state index contributed by atoms with van der Waals surface area (Å²) in [5.74, 6) is -2.44. The van der Waals surface area contributed by atoms with Gasteiger partial charge < -0.3 is 31.9 Å². The van der Waals surface area contributed by atoms with Gasteiger partial charge in [0.05, 0.1) is 12.7 Å². The van der Waals surface area contributed by atoms with Crippen LogP contribution in [0.2, 0.25) is 0 Å². The molecule has 0 bridgehead atoms. The Hall–Kier alpha value is -5.74. The Labute approximate surface area is 247 Å². The van der Waals surface area contributed by atoms with Crippen LogP contribution in [-0.4, -0.2) is 55.1 Å². The SMILES string of the molecule is COC(=O)c1ccc(CNC(=O)c2cc(C(=O)O)n3nnnc3n2)cc1.Cl.NCc1cccc(Nc2c(N)c(=O)c2=O)c1. The van der Waals surface area contributed by atoms with E-state index in [0.717, 1.165) is 21.7 Å². The molecule has 0 aliphatic rings. The molecular formula is C26H24ClN9O7. The number of benzene rings is 2. The number of anilines is 3. The summed E-state index contributed by atoms with van der Waals surface area (Å²) in [5, 5.41) is 25.0. The summed E-state index contributed by atoms with van der Waals surface area (Å²) in [6, 6.07) is 14.8. The van der Waals surface area contributed by atoms with Gasteiger partial charge in [-0.05, 0) is 45.8 Å². The zero-order valence-corrected chi connectivity index (χ0v) is 23.1. The number of carboxylic acid groups (broad SMARTS) is 1. The van der Waals surface area contributed by atoms with Crippen molar-refractivity contribution in [2.45, 2.75) is 13.1 Å². The van der Waals surface area contributed by atoms with E-state index in [1.54, 1.807) is 36.4 Å². The number of carboxylic acids is 1. The number of amides is 1. The lowest BCUT2D eigenvalue weighted by Gasteiger charge is -2.10. The van der Waals surface area contributed by atoms with E-state index < -0.39 is 28.7 Å². The number of nitrogen functional groups attached to an aromatic ring is 1. The molecule has 0 spiro atoms. The molecule has 0 fully saturated rings. The number of nitrogens with two attached hydrogens (primary N) is 2. The van der Waals surface area contributed by atoms with Crippen molar-refractivity contribution in [1.29, 1.82) is 0 Å². The van der Waals surface area contributed by atoms with Gasteiger partial charge in [0.2, 0.25) is 0 Å². The first-order chi connectivity index (χ1) is 20.1. The van der Waals surface area contributed by atoms with Gasteiger partial charge in [-0.3, -0.25) is 14.4 Å². The van der Waals surface area contributed by atoms with Crippen LogP contribution in [0.25, 0.3) is 5.78 Å². The van der Waals surface area contributed by atoms with Gasteiger partial charge >= 0.3 is 11.9 Å². The van der Waals surface area contributed by atoms with E-state index in [1.807, 2.05) is 12.1 Å². The van der Waals surface area contributed by atoms with Crippen molar-refractivity contribution >= 4 is 53.1 Å². The predicted octanol–water partition coefficient (Wildman–Crippen LogP) is 0.423. The highest BCUT2D eigenvalue weighted by atomic mass is 35.5. The number of methoxy groups -OCH3 is 1. The molecule has 0 saturated carbocycles. The zero-order chi connectivity index (χ0) is 30.4. The fraction of sp³-hybridized carbons (Fsp3) is 0.115. The van der Waals surface area contributed by atoms with E-state index in [9.17, 15) is 29.1 Å². The predicted molar refractivity (Wildman–Crippen MR) is 155 cm³/mol. The molecule has 0 saturated heterocycles. The highest BCUT2D eigenvalue weighted by Gasteiger charge is 2.19. The zero-order valence-electron chi connectivity index (χ0n) is 22.3. The molecule has 0 aliphatic carbocycles. The summed E-state index contributed by atoms with van der Waals surface area (Å²) in [6.45, 7) is 0.567. The lowest BCUT2D eigenvalue weighted by atomic mass is 10.1. The van der Waals surface area contributed by atoms with Gasteiger partial charge in [0, 0.05) is 24.8 Å². The van der Waals surface area contributed by atoms with Gasteiger partial charge in [0.1, 0.15) is 17.1 Å². The standard InChI is InChI=1S/C15H12N6O5.C11H11N3O2.ClH/c1-26-14(25)9-4-2-8(3-5-9)7-16-12(22)10-6-11(13(23)24)21-15(17-10)18-19-20-21;12-5-6-2-1-3-7(4-6)14-9-8(13)10(15)11(9)16;/h2-6H,7H2,1H3,(H,16,22)(H,23,24);1-4,14H,5,12-13H2;1H. The number of nitrogens with one attached hydrogen (secondary N) is 2. The number of aromatic nitrogens is 5. The second kappa shape index (κ2) is 13.7. The molecule has 0 atom stereocenters. The molecule has 0 radical (unpaired) electrons. The van der Waals surface area contributed by atoms with E-state index in [4.69, 9.17) is 11.5 Å². The van der Waals surface area contributed by atoms with Crippen LogP contribution in [0.3, 0.4) is 0 Å². The summed E-state index contributed by atoms with van der Waals surface area (Å²) in [7, 11) is 1.29. The third-order valence-corrected chi connectivity index (χ3v) is 5.83. The maximum Gasteiger partial charge on any atom is 0.354 e. The van der Waals surface area contributed by atoms with Gasteiger partial charge in [0.25, 0.3) is 22.5 Å². The van der Waals surface area contributed by atoms with Crippen molar-refractivity contribution in [2.75, 3.05) is 18.2 Å². The molecule has 5 rings (SSSR count). The average molecular weight is 610 g/mol. The van der Waals surface area contributed by atoms with Crippen LogP contribution >= 0.6 is 12.4 Å². The molecule has 16 nitrogen and oxygen atoms in total. The lowest BCUT2D eigenvalue weighted by molar-refractivity contribution is 0.0599. The van der Waals surface area contributed by atoms with Gasteiger partial charge in [0.15, 0.2) is 5.69 Å². The molecule has 222 valence electrons. The van der Waals surface area contributed by atoms with Gasteiger partial charge in [-0.2, -0.15) is 4.52 Å². The first-order valence-corrected chi connectivity index (χ1v) is 12.1. The van der Waals surface area contributed by atoms with Crippen LogP contribution in [0.5, 0.6) is 0 Å². The Morgan fingerprint density at radius 1 is 1.02 bits per heavy atom. The van der Waals surface area contributed by atoms with E-state index in [-0.39, 0.29) is 47.5 Å². The number of tetrazole rings is 1. The maximum absolute atomic E-state index is 12.3. The minimum absolute atomic E-state index is 0. The first kappa shape index (κ1) is 31.8. The molecule has 1 amide bonds. The number of carbonyl (C=O) groups excluding carboxylic acids is 2. The maximum atomic E-state index is 12.3. The molecule has 17 heteroatoms. The number of ether oxygens (including phenoxy) is 1. The Kier molecular flexibility index (Phi) is 10.2. The Bertz CT molecular complexity index is 1870. The number of halogens is 1. The van der Waals surface area contributed by atoms with Crippen molar-refractivity contribution in [3.63, 3.8) is 0 Å². The number of rotatable bonds is 8. The fourth-order valence-electron chi connectivity index (χ4n) is 3.61. The summed E-state index contributed by atoms with van der Waals surface area (Å²) in [5.41, 5.74) is 12.2. The van der Waals surface area contributed by atoms with Crippen molar-refractivity contribution < 1.29 is 24.2 Å². The first-order valence-electron chi connectivity index (χ1n) is 12.1. The minimum Gasteiger partial charge on any atom is -0.477 e. The highest BCUT2D eigenvalue weighted by Crippen LogP contribution is 2.18. The van der Waals surface area contributed by atoms with E-state index >= 15 is 0 Å². The van der Waals surface area contributed by atoms with Crippen LogP contribution < -0.4 is 33.0 Å². The Balaban J connectivity index is 0.000000256. The molecule has 2 heterocycles. The van der Waals surface area contributed by atoms with Crippen molar-refractivity contribution in [1.82, 2.24) is 30.3 Å². The Morgan fingerprint density at radius 2 is 1.74 bits per heavy atom. The summed E-state index contributed by atoms with van der Waals surface area (Å²) in [4.78, 5) is 60.9. The molecule has 5 aromatic rings. The van der Waals surface area contributed by atoms with Gasteiger partial charge in [-0.15, -0.1) is 12.4 Å². The van der Waals surface area contributed by atoms with Crippen LogP contribution in [-0.2, 0) is 17.8 Å². The third-order valence-electron chi connectivity index (χ3n) is 5.83. The monoisotopic (exact) mass is 609 g/mol. The second-order valence-corrected chi connectivity index (χ2v) is 8.57. The molecular weight excluding hydrogens is 586 g/mol. The highest BCUT2D eigenvalue weighted by molar-refractivity contribution is 5.95. The number of nitrogens with zero attached hydrogens (tertiary/aromatic N) is 5. The smallest absolute Gasteiger partial charge is 0.354 e. The van der Waals surface area contributed by atoms with Crippen LogP contribution in [0, 0.1) is 0 Å². The number of hydrogen-bond acceptors (Lipinski definition) is 13. The molecule has 7 N–H and O–H groups in total. The lowest BCUT2D eigenvalue weighted by Crippen LogP contribution is -2.36. The summed E-state index contributed by atoms with van der Waals surface area (Å²) >= 11 is 0. The number of carbonyl (C=O) groups is 3. The van der Waals surface area contributed by atoms with Crippen molar-refractivity contribution in [2.24, 2.45) is 5.73 Å². The molecule has 0 unspecified atom stereocenters. The summed E-state index contributed by atoms with van der Waals surface area (Å²) in [6.07, 6.45) is 0.